The van der Waals surface area contributed by atoms with Crippen LogP contribution in [0.4, 0.5) is 0 Å². The van der Waals surface area contributed by atoms with Crippen LogP contribution < -0.4 is 9.47 Å². The number of carbonyl (C=O) groups is 1. The molecule has 2 unspecified atom stereocenters. The van der Waals surface area contributed by atoms with E-state index in [0.29, 0.717) is 22.4 Å². The first kappa shape index (κ1) is 22.9. The van der Waals surface area contributed by atoms with Gasteiger partial charge in [0.05, 0.1) is 24.8 Å². The molecule has 6 heteroatoms. The largest absolute Gasteiger partial charge is 0.497 e. The van der Waals surface area contributed by atoms with E-state index in [1.54, 1.807) is 12.0 Å². The molecule has 1 aliphatic rings. The number of halogens is 1. The van der Waals surface area contributed by atoms with E-state index in [1.165, 1.54) is 0 Å². The van der Waals surface area contributed by atoms with E-state index in [4.69, 9.17) is 26.1 Å². The summed E-state index contributed by atoms with van der Waals surface area (Å²) >= 11 is 6.14. The van der Waals surface area contributed by atoms with Crippen LogP contribution in [0.25, 0.3) is 0 Å². The van der Waals surface area contributed by atoms with Crippen LogP contribution in [0.1, 0.15) is 48.2 Å². The van der Waals surface area contributed by atoms with Crippen molar-refractivity contribution in [3.8, 4) is 11.5 Å². The Morgan fingerprint density at radius 3 is 2.27 bits per heavy atom. The van der Waals surface area contributed by atoms with Gasteiger partial charge in [0.2, 0.25) is 6.41 Å². The normalized spacial score (nSPS) is 17.8. The van der Waals surface area contributed by atoms with Crippen molar-refractivity contribution in [1.82, 2.24) is 4.90 Å². The SMILES string of the molecule is COc1ccc(C2=NC(c3ccc(Cl)cc3)C(c3ccc(C)cc3)N2C=O)c(OC(C)C)c1. The van der Waals surface area contributed by atoms with E-state index in [2.05, 4.69) is 24.3 Å². The van der Waals surface area contributed by atoms with Crippen molar-refractivity contribution in [1.29, 1.82) is 0 Å². The summed E-state index contributed by atoms with van der Waals surface area (Å²) in [6, 6.07) is 20.8. The average molecular weight is 463 g/mol. The second kappa shape index (κ2) is 9.67. The van der Waals surface area contributed by atoms with Gasteiger partial charge in [-0.1, -0.05) is 53.6 Å². The van der Waals surface area contributed by atoms with Crippen molar-refractivity contribution in [2.75, 3.05) is 7.11 Å². The Labute approximate surface area is 199 Å². The summed E-state index contributed by atoms with van der Waals surface area (Å²) in [5.74, 6) is 1.86. The number of hydrogen-bond donors (Lipinski definition) is 0. The number of methoxy groups -OCH3 is 1. The molecule has 0 saturated carbocycles. The van der Waals surface area contributed by atoms with Crippen LogP contribution in [0.2, 0.25) is 5.02 Å². The van der Waals surface area contributed by atoms with E-state index in [-0.39, 0.29) is 18.2 Å². The third-order valence-electron chi connectivity index (χ3n) is 5.64. The van der Waals surface area contributed by atoms with Crippen molar-refractivity contribution < 1.29 is 14.3 Å². The minimum atomic E-state index is -0.298. The number of aliphatic imine (C=N–C) groups is 1. The van der Waals surface area contributed by atoms with Gasteiger partial charge in [0.25, 0.3) is 0 Å². The monoisotopic (exact) mass is 462 g/mol. The first-order valence-corrected chi connectivity index (χ1v) is 11.3. The first-order valence-electron chi connectivity index (χ1n) is 10.9. The highest BCUT2D eigenvalue weighted by molar-refractivity contribution is 6.30. The lowest BCUT2D eigenvalue weighted by atomic mass is 9.93. The molecule has 170 valence electrons. The van der Waals surface area contributed by atoms with E-state index in [1.807, 2.05) is 63.2 Å². The van der Waals surface area contributed by atoms with Gasteiger partial charge >= 0.3 is 0 Å². The molecule has 1 amide bonds. The number of ether oxygens (including phenoxy) is 2. The van der Waals surface area contributed by atoms with Gasteiger partial charge in [0.15, 0.2) is 0 Å². The highest BCUT2D eigenvalue weighted by Gasteiger charge is 2.39. The lowest BCUT2D eigenvalue weighted by Gasteiger charge is -2.27. The zero-order valence-electron chi connectivity index (χ0n) is 19.2. The van der Waals surface area contributed by atoms with E-state index < -0.39 is 0 Å². The number of amides is 1. The second-order valence-corrected chi connectivity index (χ2v) is 8.78. The summed E-state index contributed by atoms with van der Waals surface area (Å²) in [6.07, 6.45) is 0.797. The Morgan fingerprint density at radius 1 is 1.00 bits per heavy atom. The van der Waals surface area contributed by atoms with Crippen LogP contribution in [0.15, 0.2) is 71.7 Å². The fourth-order valence-electron chi connectivity index (χ4n) is 4.07. The Bertz CT molecular complexity index is 1160. The van der Waals surface area contributed by atoms with E-state index >= 15 is 0 Å². The quantitative estimate of drug-likeness (QED) is 0.396. The number of amidine groups is 1. The van der Waals surface area contributed by atoms with Crippen molar-refractivity contribution >= 4 is 23.8 Å². The fourth-order valence-corrected chi connectivity index (χ4v) is 4.19. The highest BCUT2D eigenvalue weighted by atomic mass is 35.5. The number of benzene rings is 3. The molecule has 5 nitrogen and oxygen atoms in total. The second-order valence-electron chi connectivity index (χ2n) is 8.35. The predicted octanol–water partition coefficient (Wildman–Crippen LogP) is 6.15. The van der Waals surface area contributed by atoms with Crippen LogP contribution >= 0.6 is 11.6 Å². The number of nitrogens with zero attached hydrogens (tertiary/aromatic N) is 2. The van der Waals surface area contributed by atoms with Crippen LogP contribution in [-0.2, 0) is 4.79 Å². The van der Waals surface area contributed by atoms with Gasteiger partial charge in [-0.25, -0.2) is 0 Å². The number of carbonyl (C=O) groups excluding carboxylic acids is 1. The third-order valence-corrected chi connectivity index (χ3v) is 5.89. The minimum absolute atomic E-state index is 0.0532. The molecule has 1 aliphatic heterocycles. The van der Waals surface area contributed by atoms with Crippen molar-refractivity contribution in [3.05, 3.63) is 94.0 Å². The van der Waals surface area contributed by atoms with Crippen LogP contribution in [-0.4, -0.2) is 30.4 Å². The summed E-state index contributed by atoms with van der Waals surface area (Å²) in [5.41, 5.74) is 3.88. The topological polar surface area (TPSA) is 51.1 Å². The van der Waals surface area contributed by atoms with E-state index in [0.717, 1.165) is 28.7 Å². The van der Waals surface area contributed by atoms with Gasteiger partial charge in [0.1, 0.15) is 23.4 Å². The molecule has 0 saturated heterocycles. The molecule has 3 aromatic carbocycles. The minimum Gasteiger partial charge on any atom is -0.497 e. The molecule has 1 heterocycles. The molecule has 0 fully saturated rings. The molecule has 0 N–H and O–H groups in total. The van der Waals surface area contributed by atoms with Gasteiger partial charge in [-0.3, -0.25) is 14.7 Å². The maximum atomic E-state index is 12.5. The van der Waals surface area contributed by atoms with Crippen LogP contribution in [0, 0.1) is 6.92 Å². The van der Waals surface area contributed by atoms with Gasteiger partial charge in [-0.05, 0) is 56.2 Å². The molecule has 0 bridgehead atoms. The molecule has 4 rings (SSSR count). The van der Waals surface area contributed by atoms with Crippen LogP contribution in [0.5, 0.6) is 11.5 Å². The molecule has 0 aromatic heterocycles. The molecule has 0 radical (unpaired) electrons. The van der Waals surface area contributed by atoms with Crippen molar-refractivity contribution in [3.63, 3.8) is 0 Å². The summed E-state index contributed by atoms with van der Waals surface area (Å²) in [5, 5.41) is 0.655. The molecular weight excluding hydrogens is 436 g/mol. The molecule has 3 aromatic rings. The zero-order chi connectivity index (χ0) is 23.5. The molecular formula is C27H27ClN2O3. The lowest BCUT2D eigenvalue weighted by Crippen LogP contribution is -2.31. The van der Waals surface area contributed by atoms with E-state index in [9.17, 15) is 4.79 Å². The average Bonchev–Trinajstić information content (AvgIpc) is 3.19. The lowest BCUT2D eigenvalue weighted by molar-refractivity contribution is -0.116. The van der Waals surface area contributed by atoms with Crippen molar-refractivity contribution in [2.45, 2.75) is 39.0 Å². The third kappa shape index (κ3) is 4.74. The molecule has 2 atom stereocenters. The first-order chi connectivity index (χ1) is 15.9. The van der Waals surface area contributed by atoms with Crippen molar-refractivity contribution in [2.24, 2.45) is 4.99 Å². The summed E-state index contributed by atoms with van der Waals surface area (Å²) in [7, 11) is 1.61. The highest BCUT2D eigenvalue weighted by Crippen LogP contribution is 2.44. The van der Waals surface area contributed by atoms with Gasteiger partial charge in [-0.15, -0.1) is 0 Å². The van der Waals surface area contributed by atoms with Gasteiger partial charge in [-0.2, -0.15) is 0 Å². The number of hydrogen-bond acceptors (Lipinski definition) is 4. The number of aryl methyl sites for hydroxylation is 1. The maximum Gasteiger partial charge on any atom is 0.215 e. The Hall–Kier alpha value is -3.31. The smallest absolute Gasteiger partial charge is 0.215 e. The molecule has 0 aliphatic carbocycles. The summed E-state index contributed by atoms with van der Waals surface area (Å²) in [6.45, 7) is 5.97. The fraction of sp³-hybridized carbons (Fsp3) is 0.259. The number of rotatable bonds is 7. The zero-order valence-corrected chi connectivity index (χ0v) is 19.9. The van der Waals surface area contributed by atoms with Gasteiger partial charge < -0.3 is 9.47 Å². The maximum absolute atomic E-state index is 12.5. The molecule has 0 spiro atoms. The predicted molar refractivity (Wildman–Crippen MR) is 131 cm³/mol. The van der Waals surface area contributed by atoms with Crippen LogP contribution in [0.3, 0.4) is 0 Å². The molecule has 33 heavy (non-hydrogen) atoms. The Kier molecular flexibility index (Phi) is 6.70. The Morgan fingerprint density at radius 2 is 1.67 bits per heavy atom. The Balaban J connectivity index is 1.87. The summed E-state index contributed by atoms with van der Waals surface area (Å²) < 4.78 is 11.5. The van der Waals surface area contributed by atoms with Gasteiger partial charge in [0, 0.05) is 11.1 Å². The summed E-state index contributed by atoms with van der Waals surface area (Å²) in [4.78, 5) is 19.2. The standard InChI is InChI=1S/C27H27ClN2O3/c1-17(2)33-24-15-22(32-4)13-14-23(24)27-29-25(19-9-11-21(28)12-10-19)26(30(27)16-31)20-7-5-18(3)6-8-20/h5-17,25-26H,1-4H3.